The number of benzene rings is 1. The van der Waals surface area contributed by atoms with Crippen LogP contribution >= 0.6 is 0 Å². The van der Waals surface area contributed by atoms with Crippen LogP contribution in [0, 0.1) is 0 Å². The Balaban J connectivity index is 1.57. The number of carbonyl (C=O) groups is 3. The average Bonchev–Trinajstić information content (AvgIpc) is 2.58. The average molecular weight is 332 g/mol. The minimum Gasteiger partial charge on any atom is -0.481 e. The van der Waals surface area contributed by atoms with E-state index in [9.17, 15) is 14.4 Å². The monoisotopic (exact) mass is 332 g/mol. The van der Waals surface area contributed by atoms with Crippen LogP contribution in [0.4, 0.5) is 4.79 Å². The molecule has 24 heavy (non-hydrogen) atoms. The minimum atomic E-state index is -0.860. The second-order valence-electron chi connectivity index (χ2n) is 6.17. The number of carbonyl (C=O) groups excluding carboxylic acids is 2. The van der Waals surface area contributed by atoms with Gasteiger partial charge in [0.1, 0.15) is 5.75 Å². The van der Waals surface area contributed by atoms with E-state index in [0.29, 0.717) is 31.2 Å². The lowest BCUT2D eigenvalue weighted by Gasteiger charge is -2.30. The van der Waals surface area contributed by atoms with Gasteiger partial charge in [0.05, 0.1) is 0 Å². The summed E-state index contributed by atoms with van der Waals surface area (Å²) < 4.78 is 5.66. The summed E-state index contributed by atoms with van der Waals surface area (Å²) in [4.78, 5) is 35.2. The third-order valence-electron chi connectivity index (χ3n) is 4.58. The lowest BCUT2D eigenvalue weighted by molar-refractivity contribution is -0.138. The number of nitrogens with one attached hydrogen (secondary N) is 1. The number of hydrogen-bond acceptors (Lipinski definition) is 4. The predicted octanol–water partition coefficient (Wildman–Crippen LogP) is 1.73. The fourth-order valence-electron chi connectivity index (χ4n) is 3.17. The highest BCUT2D eigenvalue weighted by molar-refractivity contribution is 5.99. The minimum absolute atomic E-state index is 0.261. The van der Waals surface area contributed by atoms with Crippen LogP contribution in [0.5, 0.6) is 5.75 Å². The molecule has 2 saturated heterocycles. The number of likely N-dealkylation sites (tertiary alicyclic amines) is 1. The van der Waals surface area contributed by atoms with Crippen molar-refractivity contribution < 1.29 is 24.2 Å². The smallest absolute Gasteiger partial charge is 0.407 e. The first-order chi connectivity index (χ1) is 11.5. The first kappa shape index (κ1) is 16.3. The summed E-state index contributed by atoms with van der Waals surface area (Å²) in [6, 6.07) is 7.57. The van der Waals surface area contributed by atoms with Crippen LogP contribution in [0.25, 0.3) is 0 Å². The van der Waals surface area contributed by atoms with Gasteiger partial charge in [-0.2, -0.15) is 0 Å². The molecule has 1 aromatic rings. The number of carboxylic acid groups (broad SMARTS) is 1. The van der Waals surface area contributed by atoms with E-state index in [1.54, 1.807) is 0 Å². The number of imide groups is 1. The van der Waals surface area contributed by atoms with E-state index in [4.69, 9.17) is 9.84 Å². The molecule has 2 fully saturated rings. The molecule has 0 spiro atoms. The molecule has 1 aromatic carbocycles. The number of amides is 3. The zero-order valence-corrected chi connectivity index (χ0v) is 13.2. The summed E-state index contributed by atoms with van der Waals surface area (Å²) in [7, 11) is 0. The van der Waals surface area contributed by atoms with Crippen molar-refractivity contribution in [3.63, 3.8) is 0 Å². The lowest BCUT2D eigenvalue weighted by atomic mass is 9.89. The molecule has 0 aliphatic carbocycles. The second kappa shape index (κ2) is 6.90. The number of ether oxygens (including phenoxy) is 1. The van der Waals surface area contributed by atoms with Gasteiger partial charge in [-0.15, -0.1) is 0 Å². The van der Waals surface area contributed by atoms with Crippen LogP contribution in [-0.2, 0) is 9.59 Å². The highest BCUT2D eigenvalue weighted by Gasteiger charge is 2.28. The molecule has 2 aliphatic heterocycles. The van der Waals surface area contributed by atoms with Gasteiger partial charge in [0.15, 0.2) is 6.10 Å². The van der Waals surface area contributed by atoms with E-state index in [2.05, 4.69) is 5.32 Å². The van der Waals surface area contributed by atoms with Crippen molar-refractivity contribution in [2.24, 2.45) is 0 Å². The van der Waals surface area contributed by atoms with Gasteiger partial charge in [0, 0.05) is 25.9 Å². The van der Waals surface area contributed by atoms with Gasteiger partial charge < -0.3 is 14.7 Å². The third-order valence-corrected chi connectivity index (χ3v) is 4.58. The van der Waals surface area contributed by atoms with E-state index < -0.39 is 18.1 Å². The number of nitrogens with zero attached hydrogens (tertiary/aromatic N) is 1. The first-order valence-corrected chi connectivity index (χ1v) is 8.11. The van der Waals surface area contributed by atoms with Crippen LogP contribution in [0.2, 0.25) is 0 Å². The van der Waals surface area contributed by atoms with E-state index >= 15 is 0 Å². The number of rotatable bonds is 3. The molecule has 128 valence electrons. The summed E-state index contributed by atoms with van der Waals surface area (Å²) in [5, 5.41) is 11.3. The maximum atomic E-state index is 11.7. The highest BCUT2D eigenvalue weighted by atomic mass is 16.5. The van der Waals surface area contributed by atoms with Gasteiger partial charge in [0.25, 0.3) is 5.91 Å². The third kappa shape index (κ3) is 3.67. The Morgan fingerprint density at radius 1 is 1.12 bits per heavy atom. The van der Waals surface area contributed by atoms with Crippen molar-refractivity contribution >= 4 is 17.9 Å². The normalized spacial score (nSPS) is 22.2. The van der Waals surface area contributed by atoms with Gasteiger partial charge >= 0.3 is 6.09 Å². The molecular formula is C17H20N2O5. The van der Waals surface area contributed by atoms with Crippen molar-refractivity contribution in [3.05, 3.63) is 29.8 Å². The Bertz CT molecular complexity index is 635. The van der Waals surface area contributed by atoms with Crippen LogP contribution in [0.1, 0.15) is 37.2 Å². The molecule has 1 atom stereocenters. The molecule has 3 amide bonds. The summed E-state index contributed by atoms with van der Waals surface area (Å²) in [5.74, 6) is 0.278. The maximum absolute atomic E-state index is 11.7. The van der Waals surface area contributed by atoms with Crippen molar-refractivity contribution in [2.45, 2.75) is 37.7 Å². The molecule has 0 unspecified atom stereocenters. The van der Waals surface area contributed by atoms with Gasteiger partial charge in [-0.05, 0) is 36.5 Å². The van der Waals surface area contributed by atoms with Gasteiger partial charge in [-0.3, -0.25) is 14.9 Å². The molecule has 2 heterocycles. The van der Waals surface area contributed by atoms with E-state index in [1.807, 2.05) is 24.3 Å². The van der Waals surface area contributed by atoms with Crippen molar-refractivity contribution in [3.8, 4) is 5.75 Å². The molecule has 0 radical (unpaired) electrons. The van der Waals surface area contributed by atoms with Crippen LogP contribution in [0.15, 0.2) is 24.3 Å². The molecular weight excluding hydrogens is 312 g/mol. The van der Waals surface area contributed by atoms with E-state index in [-0.39, 0.29) is 12.3 Å². The second-order valence-corrected chi connectivity index (χ2v) is 6.17. The predicted molar refractivity (Wildman–Crippen MR) is 84.8 cm³/mol. The standard InChI is InChI=1S/C17H20N2O5/c20-15-6-5-14(16(21)18-15)24-13-3-1-11(2-4-13)12-7-9-19(10-8-12)17(22)23/h1-4,12,14H,5-10H2,(H,22,23)(H,18,20,21)/t14-/m1/s1. The molecule has 0 saturated carbocycles. The van der Waals surface area contributed by atoms with E-state index in [1.165, 1.54) is 4.90 Å². The zero-order chi connectivity index (χ0) is 17.1. The van der Waals surface area contributed by atoms with Crippen LogP contribution < -0.4 is 10.1 Å². The Labute approximate surface area is 139 Å². The Morgan fingerprint density at radius 2 is 1.79 bits per heavy atom. The lowest BCUT2D eigenvalue weighted by Crippen LogP contribution is -2.46. The fraction of sp³-hybridized carbons (Fsp3) is 0.471. The molecule has 0 aromatic heterocycles. The summed E-state index contributed by atoms with van der Waals surface area (Å²) in [6.45, 7) is 1.10. The highest BCUT2D eigenvalue weighted by Crippen LogP contribution is 2.29. The number of hydrogen-bond donors (Lipinski definition) is 2. The summed E-state index contributed by atoms with van der Waals surface area (Å²) >= 11 is 0. The fourth-order valence-corrected chi connectivity index (χ4v) is 3.17. The maximum Gasteiger partial charge on any atom is 0.407 e. The van der Waals surface area contributed by atoms with Gasteiger partial charge in [0.2, 0.25) is 5.91 Å². The topological polar surface area (TPSA) is 95.9 Å². The zero-order valence-electron chi connectivity index (χ0n) is 13.2. The molecule has 7 nitrogen and oxygen atoms in total. The Hall–Kier alpha value is -2.57. The molecule has 0 bridgehead atoms. The molecule has 2 aliphatic rings. The van der Waals surface area contributed by atoms with Crippen LogP contribution in [-0.4, -0.2) is 47.1 Å². The molecule has 2 N–H and O–H groups in total. The van der Waals surface area contributed by atoms with Gasteiger partial charge in [-0.25, -0.2) is 4.79 Å². The Kier molecular flexibility index (Phi) is 4.69. The molecule has 7 heteroatoms. The number of piperidine rings is 2. The van der Waals surface area contributed by atoms with Crippen molar-refractivity contribution in [2.75, 3.05) is 13.1 Å². The largest absolute Gasteiger partial charge is 0.481 e. The Morgan fingerprint density at radius 3 is 2.38 bits per heavy atom. The summed E-state index contributed by atoms with van der Waals surface area (Å²) in [5.41, 5.74) is 1.15. The van der Waals surface area contributed by atoms with E-state index in [0.717, 1.165) is 18.4 Å². The van der Waals surface area contributed by atoms with Gasteiger partial charge in [-0.1, -0.05) is 12.1 Å². The SMILES string of the molecule is O=C1CC[C@@H](Oc2ccc(C3CCN(C(=O)O)CC3)cc2)C(=O)N1. The van der Waals surface area contributed by atoms with Crippen molar-refractivity contribution in [1.29, 1.82) is 0 Å². The molecule has 3 rings (SSSR count). The quantitative estimate of drug-likeness (QED) is 0.822. The summed E-state index contributed by atoms with van der Waals surface area (Å²) in [6.07, 6.45) is 0.796. The van der Waals surface area contributed by atoms with Crippen molar-refractivity contribution in [1.82, 2.24) is 10.2 Å². The first-order valence-electron chi connectivity index (χ1n) is 8.11. The van der Waals surface area contributed by atoms with Crippen LogP contribution in [0.3, 0.4) is 0 Å².